The van der Waals surface area contributed by atoms with Gasteiger partial charge in [-0.15, -0.1) is 0 Å². The number of nitrogens with one attached hydrogen (secondary N) is 2. The van der Waals surface area contributed by atoms with E-state index in [9.17, 15) is 10.1 Å². The molecular formula is C15H24N4O2. The normalized spacial score (nSPS) is 25.4. The summed E-state index contributed by atoms with van der Waals surface area (Å²) < 4.78 is 0. The smallest absolute Gasteiger partial charge is 0.311 e. The second-order valence-electron chi connectivity index (χ2n) is 5.87. The topological polar surface area (TPSA) is 80.1 Å². The third kappa shape index (κ3) is 3.62. The van der Waals surface area contributed by atoms with E-state index >= 15 is 0 Å². The lowest BCUT2D eigenvalue weighted by molar-refractivity contribution is -0.384. The minimum atomic E-state index is -0.373. The van der Waals surface area contributed by atoms with Crippen LogP contribution >= 0.6 is 0 Å². The maximum absolute atomic E-state index is 11.2. The van der Waals surface area contributed by atoms with Crippen molar-refractivity contribution in [1.29, 1.82) is 0 Å². The van der Waals surface area contributed by atoms with Crippen LogP contribution in [0.2, 0.25) is 0 Å². The van der Waals surface area contributed by atoms with Gasteiger partial charge in [0, 0.05) is 18.7 Å². The molecule has 116 valence electrons. The summed E-state index contributed by atoms with van der Waals surface area (Å²) >= 11 is 0. The van der Waals surface area contributed by atoms with Crippen molar-refractivity contribution in [1.82, 2.24) is 4.98 Å². The molecule has 1 fully saturated rings. The Balaban J connectivity index is 2.23. The van der Waals surface area contributed by atoms with E-state index in [2.05, 4.69) is 29.5 Å². The Hall–Kier alpha value is -1.85. The van der Waals surface area contributed by atoms with Gasteiger partial charge in [0.05, 0.1) is 4.92 Å². The van der Waals surface area contributed by atoms with Crippen molar-refractivity contribution < 1.29 is 4.92 Å². The summed E-state index contributed by atoms with van der Waals surface area (Å²) in [7, 11) is 0. The molecule has 0 bridgehead atoms. The van der Waals surface area contributed by atoms with E-state index in [0.29, 0.717) is 23.5 Å². The van der Waals surface area contributed by atoms with Crippen LogP contribution in [0.1, 0.15) is 40.0 Å². The Morgan fingerprint density at radius 2 is 2.14 bits per heavy atom. The fourth-order valence-corrected chi connectivity index (χ4v) is 2.95. The minimum Gasteiger partial charge on any atom is -0.370 e. The van der Waals surface area contributed by atoms with Gasteiger partial charge in [0.2, 0.25) is 5.82 Å². The number of rotatable bonds is 5. The van der Waals surface area contributed by atoms with Crippen LogP contribution in [-0.2, 0) is 0 Å². The molecular weight excluding hydrogens is 268 g/mol. The highest BCUT2D eigenvalue weighted by Crippen LogP contribution is 2.33. The van der Waals surface area contributed by atoms with E-state index in [1.165, 1.54) is 12.5 Å². The van der Waals surface area contributed by atoms with Gasteiger partial charge in [-0.3, -0.25) is 10.1 Å². The summed E-state index contributed by atoms with van der Waals surface area (Å²) in [4.78, 5) is 15.2. The van der Waals surface area contributed by atoms with Crippen LogP contribution in [0.4, 0.5) is 17.3 Å². The van der Waals surface area contributed by atoms with Gasteiger partial charge in [0.25, 0.3) is 0 Å². The molecule has 0 aliphatic heterocycles. The highest BCUT2D eigenvalue weighted by molar-refractivity contribution is 5.60. The molecule has 1 heterocycles. The third-order valence-electron chi connectivity index (χ3n) is 4.46. The van der Waals surface area contributed by atoms with Crippen molar-refractivity contribution in [3.05, 3.63) is 22.2 Å². The summed E-state index contributed by atoms with van der Waals surface area (Å²) in [5.41, 5.74) is 0.0436. The largest absolute Gasteiger partial charge is 0.370 e. The summed E-state index contributed by atoms with van der Waals surface area (Å²) in [5, 5.41) is 17.6. The lowest BCUT2D eigenvalue weighted by Crippen LogP contribution is -2.35. The Kier molecular flexibility index (Phi) is 4.98. The molecule has 3 unspecified atom stereocenters. The maximum Gasteiger partial charge on any atom is 0.311 e. The van der Waals surface area contributed by atoms with Gasteiger partial charge in [-0.1, -0.05) is 26.7 Å². The van der Waals surface area contributed by atoms with Crippen LogP contribution < -0.4 is 10.6 Å². The molecule has 0 saturated heterocycles. The number of pyridine rings is 1. The lowest BCUT2D eigenvalue weighted by atomic mass is 9.78. The molecule has 0 radical (unpaired) electrons. The Morgan fingerprint density at radius 3 is 2.81 bits per heavy atom. The number of anilines is 2. The maximum atomic E-state index is 11.2. The molecule has 1 aromatic heterocycles. The van der Waals surface area contributed by atoms with E-state index in [1.807, 2.05) is 6.92 Å². The van der Waals surface area contributed by atoms with Crippen molar-refractivity contribution in [3.63, 3.8) is 0 Å². The highest BCUT2D eigenvalue weighted by Gasteiger charge is 2.29. The molecule has 0 amide bonds. The van der Waals surface area contributed by atoms with Crippen LogP contribution in [0, 0.1) is 22.0 Å². The fourth-order valence-electron chi connectivity index (χ4n) is 2.95. The quantitative estimate of drug-likeness (QED) is 0.639. The van der Waals surface area contributed by atoms with E-state index in [-0.39, 0.29) is 16.7 Å². The first-order chi connectivity index (χ1) is 10.0. The zero-order chi connectivity index (χ0) is 15.4. The summed E-state index contributed by atoms with van der Waals surface area (Å²) in [6.07, 6.45) is 3.42. The van der Waals surface area contributed by atoms with E-state index in [4.69, 9.17) is 0 Å². The first-order valence-electron chi connectivity index (χ1n) is 7.68. The van der Waals surface area contributed by atoms with E-state index in [0.717, 1.165) is 19.4 Å². The second kappa shape index (κ2) is 6.74. The molecule has 0 aromatic carbocycles. The van der Waals surface area contributed by atoms with Crippen LogP contribution in [0.3, 0.4) is 0 Å². The standard InChI is InChI=1S/C15H24N4O2/c1-4-16-14-9-8-13(19(20)21)15(18-14)17-12-7-5-6-10(2)11(12)3/h8-12H,4-7H2,1-3H3,(H2,16,17,18). The van der Waals surface area contributed by atoms with E-state index in [1.54, 1.807) is 6.07 Å². The van der Waals surface area contributed by atoms with Crippen LogP contribution in [0.15, 0.2) is 12.1 Å². The van der Waals surface area contributed by atoms with Gasteiger partial charge < -0.3 is 10.6 Å². The molecule has 1 aliphatic carbocycles. The summed E-state index contributed by atoms with van der Waals surface area (Å²) in [5.74, 6) is 2.17. The predicted molar refractivity (Wildman–Crippen MR) is 84.6 cm³/mol. The molecule has 6 nitrogen and oxygen atoms in total. The van der Waals surface area contributed by atoms with Gasteiger partial charge in [-0.2, -0.15) is 0 Å². The molecule has 1 aromatic rings. The van der Waals surface area contributed by atoms with Crippen LogP contribution in [0.25, 0.3) is 0 Å². The summed E-state index contributed by atoms with van der Waals surface area (Å²) in [6.45, 7) is 7.17. The zero-order valence-corrected chi connectivity index (χ0v) is 12.9. The van der Waals surface area contributed by atoms with Crippen molar-refractivity contribution in [2.24, 2.45) is 11.8 Å². The molecule has 0 spiro atoms. The molecule has 1 aliphatic rings. The van der Waals surface area contributed by atoms with Gasteiger partial charge in [-0.25, -0.2) is 4.98 Å². The number of hydrogen-bond donors (Lipinski definition) is 2. The minimum absolute atomic E-state index is 0.0436. The highest BCUT2D eigenvalue weighted by atomic mass is 16.6. The number of nitro groups is 1. The monoisotopic (exact) mass is 292 g/mol. The van der Waals surface area contributed by atoms with Crippen LogP contribution in [0.5, 0.6) is 0 Å². The first kappa shape index (κ1) is 15.5. The Bertz CT molecular complexity index is 506. The average Bonchev–Trinajstić information content (AvgIpc) is 2.44. The molecule has 2 N–H and O–H groups in total. The third-order valence-corrected chi connectivity index (χ3v) is 4.46. The Labute approximate surface area is 125 Å². The van der Waals surface area contributed by atoms with Crippen molar-refractivity contribution >= 4 is 17.3 Å². The lowest BCUT2D eigenvalue weighted by Gasteiger charge is -2.34. The number of hydrogen-bond acceptors (Lipinski definition) is 5. The van der Waals surface area contributed by atoms with Gasteiger partial charge >= 0.3 is 5.69 Å². The molecule has 21 heavy (non-hydrogen) atoms. The second-order valence-corrected chi connectivity index (χ2v) is 5.87. The van der Waals surface area contributed by atoms with Crippen molar-refractivity contribution in [2.45, 2.75) is 46.1 Å². The molecule has 6 heteroatoms. The van der Waals surface area contributed by atoms with E-state index < -0.39 is 0 Å². The molecule has 1 saturated carbocycles. The molecule has 3 atom stereocenters. The van der Waals surface area contributed by atoms with Crippen LogP contribution in [-0.4, -0.2) is 22.5 Å². The molecule has 2 rings (SSSR count). The first-order valence-corrected chi connectivity index (χ1v) is 7.68. The predicted octanol–water partition coefficient (Wildman–Crippen LogP) is 3.66. The Morgan fingerprint density at radius 1 is 1.38 bits per heavy atom. The SMILES string of the molecule is CCNc1ccc([N+](=O)[O-])c(NC2CCCC(C)C2C)n1. The van der Waals surface area contributed by atoms with Crippen molar-refractivity contribution in [2.75, 3.05) is 17.2 Å². The van der Waals surface area contributed by atoms with Crippen molar-refractivity contribution in [3.8, 4) is 0 Å². The average molecular weight is 292 g/mol. The summed E-state index contributed by atoms with van der Waals surface area (Å²) in [6, 6.07) is 3.42. The van der Waals surface area contributed by atoms with Gasteiger partial charge in [0.15, 0.2) is 0 Å². The fraction of sp³-hybridized carbons (Fsp3) is 0.667. The number of nitrogens with zero attached hydrogens (tertiary/aromatic N) is 2. The zero-order valence-electron chi connectivity index (χ0n) is 12.9. The van der Waals surface area contributed by atoms with Gasteiger partial charge in [0.1, 0.15) is 5.82 Å². The van der Waals surface area contributed by atoms with Gasteiger partial charge in [-0.05, 0) is 31.2 Å². The number of aromatic nitrogens is 1.